The first-order valence-corrected chi connectivity index (χ1v) is 14.5. The second-order valence-electron chi connectivity index (χ2n) is 12.6. The van der Waals surface area contributed by atoms with E-state index in [-0.39, 0.29) is 19.7 Å². The summed E-state index contributed by atoms with van der Waals surface area (Å²) in [6, 6.07) is -0.155. The molecule has 0 spiro atoms. The van der Waals surface area contributed by atoms with Crippen molar-refractivity contribution in [1.82, 2.24) is 10.6 Å². The maximum atomic E-state index is 12.9. The van der Waals surface area contributed by atoms with Gasteiger partial charge < -0.3 is 29.6 Å². The van der Waals surface area contributed by atoms with Crippen LogP contribution in [-0.4, -0.2) is 61.1 Å². The first-order valence-electron chi connectivity index (χ1n) is 14.5. The van der Waals surface area contributed by atoms with E-state index in [0.717, 1.165) is 50.7 Å². The lowest BCUT2D eigenvalue weighted by molar-refractivity contribution is -0.152. The van der Waals surface area contributed by atoms with Gasteiger partial charge in [-0.2, -0.15) is 0 Å². The Bertz CT molecular complexity index is 962. The minimum absolute atomic E-state index is 0. The second kappa shape index (κ2) is 14.0. The van der Waals surface area contributed by atoms with Gasteiger partial charge in [-0.15, -0.1) is 0 Å². The zero-order valence-corrected chi connectivity index (χ0v) is 24.2. The summed E-state index contributed by atoms with van der Waals surface area (Å²) in [7, 11) is 0. The number of carbonyl (C=O) groups is 4. The van der Waals surface area contributed by atoms with Crippen molar-refractivity contribution in [2.45, 2.75) is 122 Å². The average Bonchev–Trinajstić information content (AvgIpc) is 2.88. The summed E-state index contributed by atoms with van der Waals surface area (Å²) in [4.78, 5) is 49.0. The van der Waals surface area contributed by atoms with Crippen LogP contribution in [0.15, 0.2) is 25.3 Å². The van der Waals surface area contributed by atoms with Gasteiger partial charge in [-0.25, -0.2) is 19.2 Å². The zero-order valence-electron chi connectivity index (χ0n) is 24.2. The van der Waals surface area contributed by atoms with Crippen LogP contribution in [0.2, 0.25) is 0 Å². The van der Waals surface area contributed by atoms with Gasteiger partial charge in [0.2, 0.25) is 0 Å². The molecule has 0 aromatic rings. The molecule has 10 heteroatoms. The minimum atomic E-state index is -0.544. The normalized spacial score (nSPS) is 31.5. The largest absolute Gasteiger partial charge is 0.455 e. The predicted octanol–water partition coefficient (Wildman–Crippen LogP) is 5.60. The van der Waals surface area contributed by atoms with Crippen LogP contribution in [0.5, 0.6) is 0 Å². The van der Waals surface area contributed by atoms with Crippen molar-refractivity contribution in [3.05, 3.63) is 25.3 Å². The minimum Gasteiger partial charge on any atom is -0.455 e. The summed E-state index contributed by atoms with van der Waals surface area (Å²) in [6.45, 7) is 13.6. The number of esters is 2. The van der Waals surface area contributed by atoms with E-state index < -0.39 is 48.5 Å². The number of hydrogen-bond donors (Lipinski definition) is 2. The Morgan fingerprint density at radius 2 is 1.20 bits per heavy atom. The number of rotatable bonds is 9. The zero-order chi connectivity index (χ0) is 29.3. The Balaban J connectivity index is 0.00000441. The van der Waals surface area contributed by atoms with Gasteiger partial charge in [-0.05, 0) is 81.5 Å². The molecule has 0 aromatic carbocycles. The molecule has 6 unspecified atom stereocenters. The lowest BCUT2D eigenvalue weighted by Crippen LogP contribution is -2.51. The molecule has 2 N–H and O–H groups in total. The van der Waals surface area contributed by atoms with E-state index in [1.165, 1.54) is 0 Å². The Labute approximate surface area is 240 Å². The van der Waals surface area contributed by atoms with Crippen LogP contribution in [0.4, 0.5) is 9.59 Å². The van der Waals surface area contributed by atoms with E-state index >= 15 is 0 Å². The Kier molecular flexibility index (Phi) is 11.0. The van der Waals surface area contributed by atoms with Crippen molar-refractivity contribution in [3.8, 4) is 0 Å². The third kappa shape index (κ3) is 9.55. The van der Waals surface area contributed by atoms with E-state index in [4.69, 9.17) is 18.9 Å². The molecule has 40 heavy (non-hydrogen) atoms. The molecule has 3 rings (SSSR count). The third-order valence-electron chi connectivity index (χ3n) is 8.09. The van der Waals surface area contributed by atoms with Crippen molar-refractivity contribution < 1.29 is 41.0 Å². The highest BCUT2D eigenvalue weighted by Gasteiger charge is 2.43. The van der Waals surface area contributed by atoms with Gasteiger partial charge in [0.15, 0.2) is 0 Å². The van der Waals surface area contributed by atoms with Crippen LogP contribution in [0.1, 0.15) is 94.3 Å². The maximum absolute atomic E-state index is 12.9. The highest BCUT2D eigenvalue weighted by molar-refractivity contribution is 5.81. The molecule has 0 heterocycles. The SMILES string of the molecule is C=CC(=O)OC1CCCCC1OC(=O)NCC1(C)CC(NC(=O)OC2CCCCC2OC(=O)C=C)CC(C)(C)C1.[HH].[HH]. The Morgan fingerprint density at radius 3 is 1.68 bits per heavy atom. The molecule has 6 atom stereocenters. The number of amides is 2. The molecule has 3 fully saturated rings. The van der Waals surface area contributed by atoms with Crippen molar-refractivity contribution >= 4 is 24.1 Å². The molecule has 3 aliphatic rings. The first kappa shape index (κ1) is 31.5. The molecular formula is C30H50N2O8. The molecule has 0 saturated heterocycles. The van der Waals surface area contributed by atoms with Crippen LogP contribution in [0, 0.1) is 10.8 Å². The van der Waals surface area contributed by atoms with Crippen LogP contribution >= 0.6 is 0 Å². The molecule has 0 aliphatic heterocycles. The summed E-state index contributed by atoms with van der Waals surface area (Å²) in [5.41, 5.74) is -0.385. The van der Waals surface area contributed by atoms with Crippen molar-refractivity contribution in [2.75, 3.05) is 6.54 Å². The fraction of sp³-hybridized carbons (Fsp3) is 0.733. The molecule has 0 bridgehead atoms. The number of ether oxygens (including phenoxy) is 4. The molecule has 2 amide bonds. The van der Waals surface area contributed by atoms with Gasteiger partial charge in [0, 0.05) is 27.6 Å². The maximum Gasteiger partial charge on any atom is 0.407 e. The smallest absolute Gasteiger partial charge is 0.407 e. The van der Waals surface area contributed by atoms with Gasteiger partial charge >= 0.3 is 24.1 Å². The van der Waals surface area contributed by atoms with Gasteiger partial charge in [-0.3, -0.25) is 0 Å². The van der Waals surface area contributed by atoms with E-state index in [1.54, 1.807) is 0 Å². The topological polar surface area (TPSA) is 129 Å². The van der Waals surface area contributed by atoms with Crippen LogP contribution < -0.4 is 10.6 Å². The van der Waals surface area contributed by atoms with Gasteiger partial charge in [0.1, 0.15) is 24.4 Å². The number of alkyl carbamates (subject to hydrolysis) is 2. The highest BCUT2D eigenvalue weighted by Crippen LogP contribution is 2.46. The van der Waals surface area contributed by atoms with Crippen molar-refractivity contribution in [2.24, 2.45) is 10.8 Å². The standard InChI is InChI=1S/C30H46N2O8.2H2/c1-6-25(33)37-21-12-8-10-14-23(21)39-27(35)31-19-30(5)17-20(16-29(3,4)18-30)32-28(36)40-24-15-11-9-13-22(24)38-26(34)7-2;;/h6-7,20-24H,1-2,8-19H2,3-5H3,(H,31,35)(H,32,36);2*1H. The Morgan fingerprint density at radius 1 is 0.750 bits per heavy atom. The molecule has 228 valence electrons. The lowest BCUT2D eigenvalue weighted by Gasteiger charge is -2.46. The lowest BCUT2D eigenvalue weighted by atomic mass is 9.62. The van der Waals surface area contributed by atoms with E-state index in [2.05, 4.69) is 44.6 Å². The van der Waals surface area contributed by atoms with Gasteiger partial charge in [0.05, 0.1) is 0 Å². The molecule has 3 saturated carbocycles. The van der Waals surface area contributed by atoms with Crippen LogP contribution in [-0.2, 0) is 28.5 Å². The summed E-state index contributed by atoms with van der Waals surface area (Å²) >= 11 is 0. The monoisotopic (exact) mass is 566 g/mol. The predicted molar refractivity (Wildman–Crippen MR) is 153 cm³/mol. The molecule has 10 nitrogen and oxygen atoms in total. The number of carbonyl (C=O) groups excluding carboxylic acids is 4. The van der Waals surface area contributed by atoms with Gasteiger partial charge in [0.25, 0.3) is 0 Å². The summed E-state index contributed by atoms with van der Waals surface area (Å²) in [6.07, 6.45) is 7.64. The third-order valence-corrected chi connectivity index (χ3v) is 8.09. The first-order chi connectivity index (χ1) is 18.9. The molecule has 3 aliphatic carbocycles. The second-order valence-corrected chi connectivity index (χ2v) is 12.6. The fourth-order valence-corrected chi connectivity index (χ4v) is 6.73. The molecular weight excluding hydrogens is 516 g/mol. The molecule has 0 aromatic heterocycles. The summed E-state index contributed by atoms with van der Waals surface area (Å²) in [5.74, 6) is -1.04. The van der Waals surface area contributed by atoms with Gasteiger partial charge in [-0.1, -0.05) is 33.9 Å². The number of nitrogens with one attached hydrogen (secondary N) is 2. The highest BCUT2D eigenvalue weighted by atomic mass is 16.6. The number of hydrogen-bond acceptors (Lipinski definition) is 8. The fourth-order valence-electron chi connectivity index (χ4n) is 6.73. The molecule has 0 radical (unpaired) electrons. The summed E-state index contributed by atoms with van der Waals surface area (Å²) < 4.78 is 22.2. The Hall–Kier alpha value is -3.04. The summed E-state index contributed by atoms with van der Waals surface area (Å²) in [5, 5.41) is 5.94. The van der Waals surface area contributed by atoms with Crippen molar-refractivity contribution in [1.29, 1.82) is 0 Å². The van der Waals surface area contributed by atoms with Crippen LogP contribution in [0.3, 0.4) is 0 Å². The van der Waals surface area contributed by atoms with E-state index in [0.29, 0.717) is 38.6 Å². The van der Waals surface area contributed by atoms with E-state index in [9.17, 15) is 19.2 Å². The van der Waals surface area contributed by atoms with E-state index in [1.807, 2.05) is 0 Å². The quantitative estimate of drug-likeness (QED) is 0.210. The average molecular weight is 567 g/mol. The van der Waals surface area contributed by atoms with Crippen LogP contribution in [0.25, 0.3) is 0 Å². The van der Waals surface area contributed by atoms with Crippen molar-refractivity contribution in [3.63, 3.8) is 0 Å².